The molecule has 3 aromatic heterocycles. The molecule has 5 heterocycles. The highest BCUT2D eigenvalue weighted by Gasteiger charge is 2.33. The number of thiophene rings is 1. The van der Waals surface area contributed by atoms with Crippen molar-refractivity contribution in [3.8, 4) is 0 Å². The van der Waals surface area contributed by atoms with Crippen molar-refractivity contribution >= 4 is 45.2 Å². The molecule has 6 rings (SSSR count). The van der Waals surface area contributed by atoms with Gasteiger partial charge in [0.25, 0.3) is 5.56 Å². The third kappa shape index (κ3) is 4.04. The molecule has 1 fully saturated rings. The second-order valence-electron chi connectivity index (χ2n) is 9.91. The van der Waals surface area contributed by atoms with E-state index in [1.165, 1.54) is 16.8 Å². The van der Waals surface area contributed by atoms with Crippen molar-refractivity contribution in [3.05, 3.63) is 44.4 Å². The topological polar surface area (TPSA) is 107 Å². The number of nitrogens with one attached hydrogen (secondary N) is 2. The van der Waals surface area contributed by atoms with Crippen molar-refractivity contribution in [1.82, 2.24) is 24.8 Å². The molecule has 1 saturated heterocycles. The van der Waals surface area contributed by atoms with E-state index in [0.717, 1.165) is 66.7 Å². The number of rotatable bonds is 4. The Morgan fingerprint density at radius 3 is 2.86 bits per heavy atom. The maximum absolute atomic E-state index is 13.3. The zero-order valence-electron chi connectivity index (χ0n) is 20.0. The van der Waals surface area contributed by atoms with Gasteiger partial charge in [-0.2, -0.15) is 0 Å². The number of aryl methyl sites for hydroxylation is 1. The molecule has 0 saturated carbocycles. The number of nitrogens with zero attached hydrogens (tertiary/aromatic N) is 5. The number of pyridine rings is 1. The van der Waals surface area contributed by atoms with Gasteiger partial charge in [0.1, 0.15) is 22.7 Å². The maximum Gasteiger partial charge on any atom is 0.271 e. The van der Waals surface area contributed by atoms with E-state index in [4.69, 9.17) is 0 Å². The molecule has 0 bridgehead atoms. The van der Waals surface area contributed by atoms with Crippen LogP contribution in [0.5, 0.6) is 0 Å². The van der Waals surface area contributed by atoms with Crippen LogP contribution in [0.25, 0.3) is 10.2 Å². The second-order valence-corrected chi connectivity index (χ2v) is 11.0. The fourth-order valence-corrected chi connectivity index (χ4v) is 6.83. The fourth-order valence-electron chi connectivity index (χ4n) is 5.56. The number of aromatic amines is 1. The van der Waals surface area contributed by atoms with Crippen LogP contribution in [-0.4, -0.2) is 70.1 Å². The summed E-state index contributed by atoms with van der Waals surface area (Å²) in [7, 11) is 4.24. The molecule has 0 aromatic carbocycles. The third-order valence-electron chi connectivity index (χ3n) is 7.59. The highest BCUT2D eigenvalue weighted by atomic mass is 32.1. The zero-order chi connectivity index (χ0) is 24.1. The van der Waals surface area contributed by atoms with E-state index in [-0.39, 0.29) is 11.5 Å². The van der Waals surface area contributed by atoms with Gasteiger partial charge in [0.15, 0.2) is 0 Å². The molecule has 1 atom stereocenters. The molecule has 2 N–H and O–H groups in total. The van der Waals surface area contributed by atoms with Crippen LogP contribution in [0, 0.1) is 5.92 Å². The van der Waals surface area contributed by atoms with Crippen molar-refractivity contribution < 1.29 is 4.79 Å². The molecular formula is C25H29N7O2S. The molecule has 10 heteroatoms. The standard InChI is InChI=1S/C25H29N7O2S/c1-31(2)16-5-7-32(8-6-16)25(34)14-3-4-17-20(10-14)35-24-21(17)22(27-13-28-24)29-18-9-15-11-26-12-19(15)30-23(18)33/h9,11,13-14,16H,3-8,10,12H2,1-2H3,(H,30,33)(H,27,28,29)/t14-/m0/s1. The molecule has 1 aliphatic carbocycles. The van der Waals surface area contributed by atoms with Crippen molar-refractivity contribution in [3.63, 3.8) is 0 Å². The van der Waals surface area contributed by atoms with E-state index in [9.17, 15) is 9.59 Å². The first-order valence-electron chi connectivity index (χ1n) is 12.2. The number of hydrogen-bond acceptors (Lipinski definition) is 8. The van der Waals surface area contributed by atoms with Gasteiger partial charge >= 0.3 is 0 Å². The molecule has 3 aliphatic rings. The van der Waals surface area contributed by atoms with Gasteiger partial charge in [0.2, 0.25) is 5.91 Å². The van der Waals surface area contributed by atoms with E-state index >= 15 is 0 Å². The summed E-state index contributed by atoms with van der Waals surface area (Å²) < 4.78 is 0. The van der Waals surface area contributed by atoms with Gasteiger partial charge in [0, 0.05) is 47.4 Å². The molecule has 0 radical (unpaired) electrons. The first kappa shape index (κ1) is 22.4. The van der Waals surface area contributed by atoms with E-state index < -0.39 is 0 Å². The smallest absolute Gasteiger partial charge is 0.271 e. The normalized spacial score (nSPS) is 19.9. The summed E-state index contributed by atoms with van der Waals surface area (Å²) in [5, 5.41) is 4.22. The van der Waals surface area contributed by atoms with Crippen LogP contribution in [0.15, 0.2) is 22.2 Å². The lowest BCUT2D eigenvalue weighted by molar-refractivity contribution is -0.137. The van der Waals surface area contributed by atoms with Gasteiger partial charge in [-0.25, -0.2) is 9.97 Å². The minimum Gasteiger partial charge on any atom is -0.342 e. The number of H-pyrrole nitrogens is 1. The zero-order valence-corrected chi connectivity index (χ0v) is 20.8. The molecule has 1 amide bonds. The summed E-state index contributed by atoms with van der Waals surface area (Å²) >= 11 is 1.65. The minimum absolute atomic E-state index is 0.0229. The highest BCUT2D eigenvalue weighted by Crippen LogP contribution is 2.40. The molecule has 9 nitrogen and oxygen atoms in total. The summed E-state index contributed by atoms with van der Waals surface area (Å²) in [6.07, 6.45) is 7.78. The van der Waals surface area contributed by atoms with E-state index in [2.05, 4.69) is 49.2 Å². The molecule has 35 heavy (non-hydrogen) atoms. The quantitative estimate of drug-likeness (QED) is 0.581. The summed E-state index contributed by atoms with van der Waals surface area (Å²) in [6, 6.07) is 2.39. The summed E-state index contributed by atoms with van der Waals surface area (Å²) in [6.45, 7) is 2.20. The van der Waals surface area contributed by atoms with Gasteiger partial charge in [0.05, 0.1) is 11.9 Å². The lowest BCUT2D eigenvalue weighted by Gasteiger charge is -2.37. The Morgan fingerprint density at radius 1 is 1.23 bits per heavy atom. The van der Waals surface area contributed by atoms with Crippen LogP contribution >= 0.6 is 11.3 Å². The Hall–Kier alpha value is -3.11. The molecule has 2 aliphatic heterocycles. The van der Waals surface area contributed by atoms with Gasteiger partial charge in [-0.3, -0.25) is 14.6 Å². The lowest BCUT2D eigenvalue weighted by atomic mass is 9.86. The van der Waals surface area contributed by atoms with Crippen molar-refractivity contribution in [2.24, 2.45) is 10.9 Å². The predicted molar refractivity (Wildman–Crippen MR) is 138 cm³/mol. The summed E-state index contributed by atoms with van der Waals surface area (Å²) in [5.74, 6) is 0.958. The first-order valence-corrected chi connectivity index (χ1v) is 13.0. The van der Waals surface area contributed by atoms with Crippen molar-refractivity contribution in [2.45, 2.75) is 44.7 Å². The average Bonchev–Trinajstić information content (AvgIpc) is 3.47. The van der Waals surface area contributed by atoms with Gasteiger partial charge in [-0.1, -0.05) is 0 Å². The van der Waals surface area contributed by atoms with Crippen LogP contribution in [0.2, 0.25) is 0 Å². The maximum atomic E-state index is 13.3. The molecule has 3 aromatic rings. The third-order valence-corrected chi connectivity index (χ3v) is 8.75. The molecule has 0 unspecified atom stereocenters. The van der Waals surface area contributed by atoms with Gasteiger partial charge in [-0.15, -0.1) is 11.3 Å². The van der Waals surface area contributed by atoms with Crippen molar-refractivity contribution in [1.29, 1.82) is 0 Å². The Kier molecular flexibility index (Phi) is 5.64. The Labute approximate surface area is 207 Å². The van der Waals surface area contributed by atoms with Crippen LogP contribution in [0.1, 0.15) is 41.0 Å². The van der Waals surface area contributed by atoms with Gasteiger partial charge in [-0.05, 0) is 57.8 Å². The minimum atomic E-state index is -0.186. The number of carbonyl (C=O) groups excluding carboxylic acids is 1. The fraction of sp³-hybridized carbons (Fsp3) is 0.480. The van der Waals surface area contributed by atoms with E-state index in [1.54, 1.807) is 17.6 Å². The van der Waals surface area contributed by atoms with Crippen LogP contribution in [0.3, 0.4) is 0 Å². The Balaban J connectivity index is 1.24. The number of piperidine rings is 1. The molecule has 0 spiro atoms. The number of hydrogen-bond donors (Lipinski definition) is 2. The largest absolute Gasteiger partial charge is 0.342 e. The number of likely N-dealkylation sites (tertiary alicyclic amines) is 1. The van der Waals surface area contributed by atoms with Crippen LogP contribution in [-0.2, 0) is 24.2 Å². The molecular weight excluding hydrogens is 462 g/mol. The first-order chi connectivity index (χ1) is 17.0. The number of amides is 1. The lowest BCUT2D eigenvalue weighted by Crippen LogP contribution is -2.47. The van der Waals surface area contributed by atoms with E-state index in [1.807, 2.05) is 6.07 Å². The predicted octanol–water partition coefficient (Wildman–Crippen LogP) is 2.71. The molecule has 182 valence electrons. The van der Waals surface area contributed by atoms with Crippen molar-refractivity contribution in [2.75, 3.05) is 32.5 Å². The number of aliphatic imine (C=N–C) groups is 1. The average molecular weight is 492 g/mol. The summed E-state index contributed by atoms with van der Waals surface area (Å²) in [5.41, 5.74) is 3.22. The SMILES string of the molecule is CN(C)C1CCN(C(=O)[C@H]2CCc3c(sc4ncnc(Nc5cc6c([nH]c5=O)CN=C6)c34)C2)CC1. The number of aromatic nitrogens is 3. The number of anilines is 2. The van der Waals surface area contributed by atoms with E-state index in [0.29, 0.717) is 30.0 Å². The Bertz CT molecular complexity index is 1380. The number of fused-ring (bicyclic) bond motifs is 4. The Morgan fingerprint density at radius 2 is 2.06 bits per heavy atom. The number of carbonyl (C=O) groups is 1. The van der Waals surface area contributed by atoms with Crippen LogP contribution < -0.4 is 10.9 Å². The highest BCUT2D eigenvalue weighted by molar-refractivity contribution is 7.19. The van der Waals surface area contributed by atoms with Gasteiger partial charge < -0.3 is 20.1 Å². The monoisotopic (exact) mass is 491 g/mol. The summed E-state index contributed by atoms with van der Waals surface area (Å²) in [4.78, 5) is 48.5. The second kappa shape index (κ2) is 8.83. The van der Waals surface area contributed by atoms with Crippen LogP contribution in [0.4, 0.5) is 11.5 Å².